The lowest BCUT2D eigenvalue weighted by Gasteiger charge is -2.15. The van der Waals surface area contributed by atoms with Crippen LogP contribution in [-0.2, 0) is 6.42 Å². The fourth-order valence-electron chi connectivity index (χ4n) is 4.57. The zero-order chi connectivity index (χ0) is 25.0. The number of nitrogens with one attached hydrogen (secondary N) is 1. The quantitative estimate of drug-likeness (QED) is 0.356. The molecule has 1 aliphatic rings. The Balaban J connectivity index is 1.42. The highest BCUT2D eigenvalue weighted by Gasteiger charge is 2.30. The number of pyridine rings is 2. The SMILES string of the molecule is Nc1ccc(-c2nc(F)c(C3CCc4cc(-c5cc(Cl)ccc5-n5cnnn5)cc(=O)n43)[nH]2)c(F)n1. The number of aromatic nitrogens is 8. The van der Waals surface area contributed by atoms with Crippen molar-refractivity contribution in [1.82, 2.24) is 39.7 Å². The Hall–Kier alpha value is -4.45. The van der Waals surface area contributed by atoms with Crippen molar-refractivity contribution < 1.29 is 8.78 Å². The number of hydrogen-bond acceptors (Lipinski definition) is 7. The number of imidazole rings is 1. The lowest BCUT2D eigenvalue weighted by molar-refractivity contribution is 0.515. The zero-order valence-corrected chi connectivity index (χ0v) is 19.1. The van der Waals surface area contributed by atoms with Gasteiger partial charge in [-0.3, -0.25) is 4.79 Å². The van der Waals surface area contributed by atoms with E-state index in [1.807, 2.05) is 6.07 Å². The molecule has 1 atom stereocenters. The van der Waals surface area contributed by atoms with Crippen LogP contribution in [-0.4, -0.2) is 39.7 Å². The number of H-pyrrole nitrogens is 1. The third-order valence-corrected chi connectivity index (χ3v) is 6.38. The predicted molar refractivity (Wildman–Crippen MR) is 126 cm³/mol. The number of hydrogen-bond donors (Lipinski definition) is 2. The van der Waals surface area contributed by atoms with Crippen LogP contribution in [0.3, 0.4) is 0 Å². The summed E-state index contributed by atoms with van der Waals surface area (Å²) in [5.74, 6) is -1.72. The van der Waals surface area contributed by atoms with Crippen molar-refractivity contribution in [1.29, 1.82) is 0 Å². The molecule has 180 valence electrons. The lowest BCUT2D eigenvalue weighted by atomic mass is 10.0. The number of nitrogens with two attached hydrogens (primary N) is 1. The molecule has 0 bridgehead atoms. The highest BCUT2D eigenvalue weighted by atomic mass is 35.5. The number of fused-ring (bicyclic) bond motifs is 1. The van der Waals surface area contributed by atoms with E-state index in [-0.39, 0.29) is 28.5 Å². The van der Waals surface area contributed by atoms with Crippen LogP contribution in [0.5, 0.6) is 0 Å². The Morgan fingerprint density at radius 1 is 1.06 bits per heavy atom. The Bertz CT molecular complexity index is 1680. The van der Waals surface area contributed by atoms with Crippen molar-refractivity contribution in [2.45, 2.75) is 18.9 Å². The molecule has 0 spiro atoms. The number of aromatic amines is 1. The number of aryl methyl sites for hydroxylation is 1. The normalized spacial score (nSPS) is 14.8. The van der Waals surface area contributed by atoms with Crippen molar-refractivity contribution in [3.63, 3.8) is 0 Å². The highest BCUT2D eigenvalue weighted by molar-refractivity contribution is 6.31. The van der Waals surface area contributed by atoms with Crippen molar-refractivity contribution in [3.8, 4) is 28.2 Å². The topological polar surface area (TPSA) is 133 Å². The molecule has 0 saturated carbocycles. The molecule has 0 amide bonds. The second-order valence-corrected chi connectivity index (χ2v) is 8.71. The van der Waals surface area contributed by atoms with Crippen LogP contribution < -0.4 is 11.3 Å². The van der Waals surface area contributed by atoms with Crippen LogP contribution in [0.2, 0.25) is 5.02 Å². The van der Waals surface area contributed by atoms with Gasteiger partial charge < -0.3 is 15.3 Å². The molecule has 13 heteroatoms. The van der Waals surface area contributed by atoms with E-state index >= 15 is 0 Å². The molecule has 1 aromatic carbocycles. The molecule has 1 aliphatic heterocycles. The maximum Gasteiger partial charge on any atom is 0.251 e. The number of anilines is 1. The largest absolute Gasteiger partial charge is 0.384 e. The van der Waals surface area contributed by atoms with E-state index in [4.69, 9.17) is 17.3 Å². The molecule has 10 nitrogen and oxygen atoms in total. The second-order valence-electron chi connectivity index (χ2n) is 8.28. The van der Waals surface area contributed by atoms with E-state index in [2.05, 4.69) is 30.5 Å². The maximum atomic E-state index is 14.9. The van der Waals surface area contributed by atoms with Crippen molar-refractivity contribution in [3.05, 3.63) is 87.5 Å². The number of halogens is 3. The van der Waals surface area contributed by atoms with Gasteiger partial charge >= 0.3 is 0 Å². The average molecular weight is 508 g/mol. The van der Waals surface area contributed by atoms with Gasteiger partial charge in [0.1, 0.15) is 18.0 Å². The fraction of sp³-hybridized carbons (Fsp3) is 0.130. The summed E-state index contributed by atoms with van der Waals surface area (Å²) >= 11 is 6.24. The van der Waals surface area contributed by atoms with Crippen LogP contribution >= 0.6 is 11.6 Å². The summed E-state index contributed by atoms with van der Waals surface area (Å²) in [5.41, 5.74) is 7.88. The number of rotatable bonds is 4. The molecule has 1 unspecified atom stereocenters. The molecule has 4 aromatic heterocycles. The highest BCUT2D eigenvalue weighted by Crippen LogP contribution is 2.35. The van der Waals surface area contributed by atoms with Gasteiger partial charge in [0, 0.05) is 22.3 Å². The van der Waals surface area contributed by atoms with E-state index in [0.717, 1.165) is 0 Å². The molecule has 6 rings (SSSR count). The first kappa shape index (κ1) is 22.0. The smallest absolute Gasteiger partial charge is 0.251 e. The minimum absolute atomic E-state index is 0.00137. The van der Waals surface area contributed by atoms with Crippen LogP contribution in [0.15, 0.2) is 53.6 Å². The standard InChI is InChI=1S/C23H16ClF2N9O/c24-12-1-4-16(34-10-28-32-33-34)15(9-12)11-7-13-2-5-17(35(13)19(36)8-11)20-22(26)31-23(30-20)14-3-6-18(27)29-21(14)25/h1,3-4,6-10,17H,2,5H2,(H2,27,29)(H,30,31). The van der Waals surface area contributed by atoms with Crippen LogP contribution in [0.1, 0.15) is 23.9 Å². The molecule has 0 fully saturated rings. The number of nitrogens with zero attached hydrogens (tertiary/aromatic N) is 7. The molecule has 0 aliphatic carbocycles. The predicted octanol–water partition coefficient (Wildman–Crippen LogP) is 3.33. The average Bonchev–Trinajstić information content (AvgIpc) is 3.59. The lowest BCUT2D eigenvalue weighted by Crippen LogP contribution is -2.24. The Kier molecular flexibility index (Phi) is 5.11. The Morgan fingerprint density at radius 2 is 1.92 bits per heavy atom. The summed E-state index contributed by atoms with van der Waals surface area (Å²) in [4.78, 5) is 23.5. The van der Waals surface area contributed by atoms with Crippen molar-refractivity contribution >= 4 is 17.4 Å². The first-order valence-corrected chi connectivity index (χ1v) is 11.2. The Labute approximate surface area is 206 Å². The van der Waals surface area contributed by atoms with Gasteiger partial charge in [-0.15, -0.1) is 5.10 Å². The molecule has 0 radical (unpaired) electrons. The molecule has 5 heterocycles. The van der Waals surface area contributed by atoms with E-state index in [1.165, 1.54) is 33.8 Å². The number of tetrazole rings is 1. The third-order valence-electron chi connectivity index (χ3n) is 6.14. The van der Waals surface area contributed by atoms with E-state index < -0.39 is 17.9 Å². The summed E-state index contributed by atoms with van der Waals surface area (Å²) in [5, 5.41) is 11.8. The second kappa shape index (κ2) is 8.34. The van der Waals surface area contributed by atoms with Gasteiger partial charge in [-0.25, -0.2) is 4.98 Å². The molecule has 5 aromatic rings. The molecular weight excluding hydrogens is 492 g/mol. The van der Waals surface area contributed by atoms with Gasteiger partial charge in [-0.1, -0.05) is 11.6 Å². The number of benzene rings is 1. The zero-order valence-electron chi connectivity index (χ0n) is 18.4. The number of nitrogen functional groups attached to an aromatic ring is 1. The van der Waals surface area contributed by atoms with Gasteiger partial charge in [-0.2, -0.15) is 18.4 Å². The summed E-state index contributed by atoms with van der Waals surface area (Å²) in [6, 6.07) is 10.6. The molecular formula is C23H16ClF2N9O. The van der Waals surface area contributed by atoms with Crippen LogP contribution in [0.4, 0.5) is 14.6 Å². The van der Waals surface area contributed by atoms with Crippen molar-refractivity contribution in [2.24, 2.45) is 0 Å². The van der Waals surface area contributed by atoms with Crippen molar-refractivity contribution in [2.75, 3.05) is 5.73 Å². The van der Waals surface area contributed by atoms with Gasteiger partial charge in [0.2, 0.25) is 11.9 Å². The Morgan fingerprint density at radius 3 is 2.69 bits per heavy atom. The van der Waals surface area contributed by atoms with E-state index in [1.54, 1.807) is 18.2 Å². The van der Waals surface area contributed by atoms with E-state index in [9.17, 15) is 13.6 Å². The molecule has 3 N–H and O–H groups in total. The van der Waals surface area contributed by atoms with Crippen LogP contribution in [0.25, 0.3) is 28.2 Å². The maximum absolute atomic E-state index is 14.9. The summed E-state index contributed by atoms with van der Waals surface area (Å²) in [6.07, 6.45) is 2.41. The fourth-order valence-corrected chi connectivity index (χ4v) is 4.75. The first-order chi connectivity index (χ1) is 17.4. The van der Waals surface area contributed by atoms with Gasteiger partial charge in [0.15, 0.2) is 0 Å². The molecule has 0 saturated heterocycles. The van der Waals surface area contributed by atoms with Crippen LogP contribution in [0, 0.1) is 11.9 Å². The summed E-state index contributed by atoms with van der Waals surface area (Å²) < 4.78 is 32.2. The van der Waals surface area contributed by atoms with Gasteiger partial charge in [0.25, 0.3) is 5.56 Å². The van der Waals surface area contributed by atoms with Gasteiger partial charge in [-0.05, 0) is 65.2 Å². The van der Waals surface area contributed by atoms with E-state index in [0.29, 0.717) is 40.4 Å². The summed E-state index contributed by atoms with van der Waals surface area (Å²) in [7, 11) is 0. The van der Waals surface area contributed by atoms with Gasteiger partial charge in [0.05, 0.1) is 23.0 Å². The molecule has 36 heavy (non-hydrogen) atoms. The minimum atomic E-state index is -0.871. The minimum Gasteiger partial charge on any atom is -0.384 e. The first-order valence-electron chi connectivity index (χ1n) is 10.9. The summed E-state index contributed by atoms with van der Waals surface area (Å²) in [6.45, 7) is 0. The third kappa shape index (κ3) is 3.62. The monoisotopic (exact) mass is 507 g/mol.